The largest absolute Gasteiger partial charge is 0.433 e. The fourth-order valence-electron chi connectivity index (χ4n) is 0.892. The van der Waals surface area contributed by atoms with Crippen LogP contribution in [0.2, 0.25) is 0 Å². The fraction of sp³-hybridized carbons (Fsp3) is 0.500. The van der Waals surface area contributed by atoms with Crippen LogP contribution in [0.4, 0.5) is 9.59 Å². The lowest BCUT2D eigenvalue weighted by atomic mass is 10.7. The number of nitrogens with one attached hydrogen (secondary N) is 2. The van der Waals surface area contributed by atoms with Crippen molar-refractivity contribution in [3.8, 4) is 0 Å². The molecular weight excluding hydrogens is 188 g/mol. The number of hydrogen-bond donors (Lipinski definition) is 4. The van der Waals surface area contributed by atoms with Gasteiger partial charge in [0.15, 0.2) is 0 Å². The summed E-state index contributed by atoms with van der Waals surface area (Å²) in [6.45, 7) is 0. The highest BCUT2D eigenvalue weighted by atomic mass is 17.0. The standard InChI is InChI=1S/C4H4N2O7/c7-1-5-3(9)12-2(8)6-4(10,11-1)13-3/h9-10H,(H,5,7)(H,6,8). The Morgan fingerprint density at radius 2 is 1.38 bits per heavy atom. The van der Waals surface area contributed by atoms with Crippen LogP contribution >= 0.6 is 0 Å². The SMILES string of the molecule is O=C1NC2(O)OC(=O)NC(O)(O1)O2. The highest BCUT2D eigenvalue weighted by Crippen LogP contribution is 2.25. The van der Waals surface area contributed by atoms with E-state index in [0.29, 0.717) is 0 Å². The molecule has 2 aliphatic rings. The minimum atomic E-state index is -2.70. The van der Waals surface area contributed by atoms with Crippen molar-refractivity contribution in [3.05, 3.63) is 0 Å². The summed E-state index contributed by atoms with van der Waals surface area (Å²) >= 11 is 0. The predicted octanol–water partition coefficient (Wildman–Crippen LogP) is -2.31. The van der Waals surface area contributed by atoms with E-state index in [2.05, 4.69) is 14.2 Å². The molecular formula is C4H4N2O7. The van der Waals surface area contributed by atoms with Crippen molar-refractivity contribution in [2.75, 3.05) is 0 Å². The molecule has 0 spiro atoms. The molecule has 4 N–H and O–H groups in total. The van der Waals surface area contributed by atoms with Crippen molar-refractivity contribution in [1.82, 2.24) is 10.6 Å². The molecule has 2 bridgehead atoms. The summed E-state index contributed by atoms with van der Waals surface area (Å²) in [5, 5.41) is 21.5. The van der Waals surface area contributed by atoms with Gasteiger partial charge in [-0.05, 0) is 0 Å². The number of aliphatic hydroxyl groups is 2. The molecule has 72 valence electrons. The van der Waals surface area contributed by atoms with Gasteiger partial charge in [-0.3, -0.25) is 0 Å². The van der Waals surface area contributed by atoms with Crippen molar-refractivity contribution < 1.29 is 34.0 Å². The number of fused-ring (bicyclic) bond motifs is 2. The van der Waals surface area contributed by atoms with Crippen molar-refractivity contribution in [2.24, 2.45) is 0 Å². The summed E-state index contributed by atoms with van der Waals surface area (Å²) in [6, 6.07) is 0. The minimum Gasteiger partial charge on any atom is -0.372 e. The average Bonchev–Trinajstić information content (AvgIpc) is 1.75. The Morgan fingerprint density at radius 1 is 1.00 bits per heavy atom. The Balaban J connectivity index is 2.32. The molecule has 0 saturated carbocycles. The van der Waals surface area contributed by atoms with Gasteiger partial charge < -0.3 is 19.7 Å². The van der Waals surface area contributed by atoms with Crippen LogP contribution in [0.25, 0.3) is 0 Å². The molecule has 0 radical (unpaired) electrons. The Kier molecular flexibility index (Phi) is 1.25. The van der Waals surface area contributed by atoms with Crippen LogP contribution in [0.3, 0.4) is 0 Å². The molecule has 2 unspecified atom stereocenters. The lowest BCUT2D eigenvalue weighted by Gasteiger charge is -2.42. The normalized spacial score (nSPS) is 42.6. The maximum Gasteiger partial charge on any atom is 0.433 e. The third-order valence-corrected chi connectivity index (χ3v) is 1.26. The molecule has 0 aromatic carbocycles. The van der Waals surface area contributed by atoms with Crippen molar-refractivity contribution in [1.29, 1.82) is 0 Å². The zero-order chi connectivity index (χ0) is 9.69. The van der Waals surface area contributed by atoms with E-state index in [0.717, 1.165) is 0 Å². The third kappa shape index (κ3) is 1.24. The number of amides is 2. The van der Waals surface area contributed by atoms with E-state index in [1.54, 1.807) is 10.6 Å². The molecule has 2 amide bonds. The van der Waals surface area contributed by atoms with E-state index in [1.165, 1.54) is 0 Å². The van der Waals surface area contributed by atoms with Crippen LogP contribution < -0.4 is 10.6 Å². The Bertz CT molecular complexity index is 244. The summed E-state index contributed by atoms with van der Waals surface area (Å²) in [7, 11) is 0. The second-order valence-corrected chi connectivity index (χ2v) is 2.29. The first-order valence-corrected chi connectivity index (χ1v) is 3.08. The van der Waals surface area contributed by atoms with E-state index in [-0.39, 0.29) is 0 Å². The zero-order valence-corrected chi connectivity index (χ0v) is 5.94. The highest BCUT2D eigenvalue weighted by Gasteiger charge is 2.58. The number of carbonyl (C=O) groups excluding carboxylic acids is 2. The van der Waals surface area contributed by atoms with Gasteiger partial charge in [-0.25, -0.2) is 25.0 Å². The van der Waals surface area contributed by atoms with Gasteiger partial charge in [0.2, 0.25) is 0 Å². The quantitative estimate of drug-likeness (QED) is 0.339. The lowest BCUT2D eigenvalue weighted by Crippen LogP contribution is -2.74. The molecule has 0 aromatic heterocycles. The summed E-state index contributed by atoms with van der Waals surface area (Å²) in [4.78, 5) is 21.3. The summed E-state index contributed by atoms with van der Waals surface area (Å²) in [6.07, 6.45) is -7.83. The molecule has 2 saturated heterocycles. The van der Waals surface area contributed by atoms with Crippen LogP contribution in [-0.4, -0.2) is 34.6 Å². The number of carbonyl (C=O) groups is 2. The molecule has 9 nitrogen and oxygen atoms in total. The van der Waals surface area contributed by atoms with Gasteiger partial charge in [0.25, 0.3) is 0 Å². The Morgan fingerprint density at radius 3 is 1.77 bits per heavy atom. The van der Waals surface area contributed by atoms with Gasteiger partial charge in [0.1, 0.15) is 0 Å². The molecule has 2 heterocycles. The number of rotatable bonds is 0. The van der Waals surface area contributed by atoms with E-state index >= 15 is 0 Å². The first-order chi connectivity index (χ1) is 5.91. The van der Waals surface area contributed by atoms with Crippen LogP contribution in [0, 0.1) is 0 Å². The lowest BCUT2D eigenvalue weighted by molar-refractivity contribution is -0.512. The second-order valence-electron chi connectivity index (χ2n) is 2.29. The molecule has 9 heteroatoms. The molecule has 2 aliphatic heterocycles. The molecule has 2 fully saturated rings. The maximum atomic E-state index is 10.6. The maximum absolute atomic E-state index is 10.6. The van der Waals surface area contributed by atoms with Crippen LogP contribution in [0.15, 0.2) is 0 Å². The first kappa shape index (κ1) is 8.04. The van der Waals surface area contributed by atoms with Crippen molar-refractivity contribution in [3.63, 3.8) is 0 Å². The predicted molar refractivity (Wildman–Crippen MR) is 30.2 cm³/mol. The van der Waals surface area contributed by atoms with Crippen molar-refractivity contribution >= 4 is 12.2 Å². The number of hydrogen-bond acceptors (Lipinski definition) is 7. The topological polar surface area (TPSA) is 126 Å². The van der Waals surface area contributed by atoms with Crippen LogP contribution in [-0.2, 0) is 14.2 Å². The molecule has 13 heavy (non-hydrogen) atoms. The highest BCUT2D eigenvalue weighted by molar-refractivity contribution is 5.73. The molecule has 0 aliphatic carbocycles. The average molecular weight is 192 g/mol. The molecule has 0 aromatic rings. The van der Waals surface area contributed by atoms with Gasteiger partial charge in [-0.15, -0.1) is 0 Å². The Labute approximate surface area is 70.2 Å². The van der Waals surface area contributed by atoms with Gasteiger partial charge >= 0.3 is 24.4 Å². The van der Waals surface area contributed by atoms with Gasteiger partial charge in [-0.2, -0.15) is 0 Å². The number of alkyl carbamates (subject to hydrolysis) is 2. The van der Waals surface area contributed by atoms with Crippen LogP contribution in [0.5, 0.6) is 0 Å². The monoisotopic (exact) mass is 192 g/mol. The number of ether oxygens (including phenoxy) is 3. The van der Waals surface area contributed by atoms with E-state index in [9.17, 15) is 9.59 Å². The minimum absolute atomic E-state index is 1.21. The summed E-state index contributed by atoms with van der Waals surface area (Å²) in [5.41, 5.74) is 0. The first-order valence-electron chi connectivity index (χ1n) is 3.08. The zero-order valence-electron chi connectivity index (χ0n) is 5.94. The van der Waals surface area contributed by atoms with E-state index < -0.39 is 24.4 Å². The van der Waals surface area contributed by atoms with Gasteiger partial charge in [0.05, 0.1) is 0 Å². The Hall–Kier alpha value is -1.58. The molecule has 2 rings (SSSR count). The van der Waals surface area contributed by atoms with Crippen molar-refractivity contribution in [2.45, 2.75) is 12.2 Å². The van der Waals surface area contributed by atoms with Gasteiger partial charge in [-0.1, -0.05) is 0 Å². The smallest absolute Gasteiger partial charge is 0.372 e. The second kappa shape index (κ2) is 2.02. The summed E-state index contributed by atoms with van der Waals surface area (Å²) < 4.78 is 12.4. The van der Waals surface area contributed by atoms with Gasteiger partial charge in [0, 0.05) is 0 Å². The van der Waals surface area contributed by atoms with E-state index in [1.807, 2.05) is 0 Å². The summed E-state index contributed by atoms with van der Waals surface area (Å²) in [5.74, 6) is 0. The van der Waals surface area contributed by atoms with Crippen LogP contribution in [0.1, 0.15) is 0 Å². The third-order valence-electron chi connectivity index (χ3n) is 1.26. The fourth-order valence-corrected chi connectivity index (χ4v) is 0.892. The van der Waals surface area contributed by atoms with E-state index in [4.69, 9.17) is 10.2 Å². The molecule has 2 atom stereocenters.